The van der Waals surface area contributed by atoms with Gasteiger partial charge in [-0.05, 0) is 51.7 Å². The van der Waals surface area contributed by atoms with Crippen molar-refractivity contribution < 1.29 is 4.39 Å². The number of H-pyrrole nitrogens is 1. The quantitative estimate of drug-likeness (QED) is 0.512. The number of nitrogens with zero attached hydrogens (tertiary/aromatic N) is 3. The average Bonchev–Trinajstić information content (AvgIpc) is 3.39. The number of aromatic nitrogens is 3. The van der Waals surface area contributed by atoms with Crippen LogP contribution in [0.2, 0.25) is 0 Å². The van der Waals surface area contributed by atoms with Gasteiger partial charge in [0.15, 0.2) is 0 Å². The van der Waals surface area contributed by atoms with Gasteiger partial charge in [-0.3, -0.25) is 4.99 Å². The van der Waals surface area contributed by atoms with Crippen molar-refractivity contribution in [3.63, 3.8) is 0 Å². The molecule has 2 heterocycles. The first-order valence-electron chi connectivity index (χ1n) is 9.93. The first-order valence-corrected chi connectivity index (χ1v) is 9.93. The number of aromatic amines is 1. The normalized spacial score (nSPS) is 13.4. The summed E-state index contributed by atoms with van der Waals surface area (Å²) in [6, 6.07) is 3.64. The maximum Gasteiger partial charge on any atom is 0.141 e. The summed E-state index contributed by atoms with van der Waals surface area (Å²) >= 11 is 0. The number of benzene rings is 1. The van der Waals surface area contributed by atoms with Crippen LogP contribution >= 0.6 is 0 Å². The van der Waals surface area contributed by atoms with Crippen LogP contribution in [0.5, 0.6) is 0 Å². The molecule has 0 bridgehead atoms. The second kappa shape index (κ2) is 8.21. The third-order valence-electron chi connectivity index (χ3n) is 4.39. The van der Waals surface area contributed by atoms with E-state index in [1.165, 1.54) is 0 Å². The first-order chi connectivity index (χ1) is 13.3. The Kier molecular flexibility index (Phi) is 5.92. The summed E-state index contributed by atoms with van der Waals surface area (Å²) in [5.41, 5.74) is 4.23. The van der Waals surface area contributed by atoms with Crippen molar-refractivity contribution in [3.8, 4) is 11.1 Å². The van der Waals surface area contributed by atoms with Crippen molar-refractivity contribution in [3.05, 3.63) is 41.7 Å². The van der Waals surface area contributed by atoms with Gasteiger partial charge in [0.2, 0.25) is 0 Å². The molecule has 2 aromatic heterocycles. The highest BCUT2D eigenvalue weighted by Crippen LogP contribution is 2.39. The minimum Gasteiger partial charge on any atom is -0.345 e. The zero-order valence-electron chi connectivity index (χ0n) is 17.6. The van der Waals surface area contributed by atoms with Crippen LogP contribution in [0, 0.1) is 18.7 Å². The molecule has 0 spiro atoms. The first kappa shape index (κ1) is 20.2. The van der Waals surface area contributed by atoms with Gasteiger partial charge in [-0.2, -0.15) is 0 Å². The summed E-state index contributed by atoms with van der Waals surface area (Å²) in [4.78, 5) is 16.6. The molecule has 0 radical (unpaired) electrons. The van der Waals surface area contributed by atoms with E-state index in [2.05, 4.69) is 40.7 Å². The predicted octanol–water partition coefficient (Wildman–Crippen LogP) is 6.72. The minimum atomic E-state index is -0.246. The molecule has 5 heteroatoms. The molecule has 0 unspecified atom stereocenters. The molecule has 4 nitrogen and oxygen atoms in total. The van der Waals surface area contributed by atoms with E-state index in [9.17, 15) is 4.39 Å². The van der Waals surface area contributed by atoms with Gasteiger partial charge in [-0.1, -0.05) is 20.8 Å². The highest BCUT2D eigenvalue weighted by atomic mass is 19.1. The van der Waals surface area contributed by atoms with Crippen molar-refractivity contribution in [2.24, 2.45) is 10.9 Å². The Morgan fingerprint density at radius 1 is 1.18 bits per heavy atom. The Balaban J connectivity index is 0.000000516. The molecule has 0 aliphatic heterocycles. The van der Waals surface area contributed by atoms with Crippen molar-refractivity contribution in [1.82, 2.24) is 15.0 Å². The van der Waals surface area contributed by atoms with Crippen LogP contribution in [0.3, 0.4) is 0 Å². The second-order valence-electron chi connectivity index (χ2n) is 8.33. The summed E-state index contributed by atoms with van der Waals surface area (Å²) < 4.78 is 14.9. The molecular weight excluding hydrogens is 351 g/mol. The molecule has 1 N–H and O–H groups in total. The molecule has 1 aromatic carbocycles. The van der Waals surface area contributed by atoms with Crippen LogP contribution in [-0.2, 0) is 0 Å². The van der Waals surface area contributed by atoms with E-state index in [1.807, 2.05) is 26.1 Å². The molecule has 1 aliphatic rings. The molecule has 4 rings (SSSR count). The summed E-state index contributed by atoms with van der Waals surface area (Å²) in [5, 5.41) is 0.848. The Labute approximate surface area is 166 Å². The number of rotatable bonds is 3. The van der Waals surface area contributed by atoms with Gasteiger partial charge in [0, 0.05) is 46.1 Å². The Bertz CT molecular complexity index is 1010. The highest BCUT2D eigenvalue weighted by molar-refractivity contribution is 5.94. The van der Waals surface area contributed by atoms with E-state index in [0.29, 0.717) is 22.7 Å². The number of hydrogen-bond acceptors (Lipinski definition) is 3. The van der Waals surface area contributed by atoms with Crippen LogP contribution in [0.4, 0.5) is 10.1 Å². The molecule has 0 atom stereocenters. The van der Waals surface area contributed by atoms with Crippen LogP contribution in [0.25, 0.3) is 22.2 Å². The van der Waals surface area contributed by atoms with Crippen molar-refractivity contribution in [1.29, 1.82) is 0 Å². The fourth-order valence-electron chi connectivity index (χ4n) is 2.93. The van der Waals surface area contributed by atoms with Gasteiger partial charge in [0.05, 0.1) is 5.69 Å². The smallest absolute Gasteiger partial charge is 0.141 e. The summed E-state index contributed by atoms with van der Waals surface area (Å²) in [7, 11) is 0. The molecule has 1 saturated carbocycles. The Hall–Kier alpha value is -2.56. The van der Waals surface area contributed by atoms with Crippen molar-refractivity contribution in [2.45, 2.75) is 60.3 Å². The molecule has 0 amide bonds. The standard InChI is InChI=1S/C19H19FN4.C4H10/c1-10(2)23-16-7-6-13(17(20)11(16)3)14-8-22-19-15(14)9-21-18(24-19)12-4-5-12;1-4(2)3/h6-9,12H,4-5H2,1-3H3,(H,21,22,24);4H,1-3H3. The number of hydrogen-bond donors (Lipinski definition) is 1. The minimum absolute atomic E-state index is 0.246. The van der Waals surface area contributed by atoms with Gasteiger partial charge in [-0.15, -0.1) is 0 Å². The van der Waals surface area contributed by atoms with Gasteiger partial charge in [0.25, 0.3) is 0 Å². The highest BCUT2D eigenvalue weighted by Gasteiger charge is 2.27. The van der Waals surface area contributed by atoms with Crippen LogP contribution in [-0.4, -0.2) is 20.7 Å². The van der Waals surface area contributed by atoms with Crippen molar-refractivity contribution in [2.75, 3.05) is 0 Å². The fourth-order valence-corrected chi connectivity index (χ4v) is 2.93. The summed E-state index contributed by atoms with van der Waals surface area (Å²) in [6.07, 6.45) is 5.93. The lowest BCUT2D eigenvalue weighted by atomic mass is 10.0. The Morgan fingerprint density at radius 3 is 2.46 bits per heavy atom. The molecule has 0 saturated heterocycles. The maximum atomic E-state index is 14.9. The van der Waals surface area contributed by atoms with Gasteiger partial charge < -0.3 is 4.98 Å². The number of aliphatic imine (C=N–C) groups is 1. The lowest BCUT2D eigenvalue weighted by molar-refractivity contribution is 0.622. The second-order valence-corrected chi connectivity index (χ2v) is 8.33. The van der Waals surface area contributed by atoms with Gasteiger partial charge in [0.1, 0.15) is 17.3 Å². The van der Waals surface area contributed by atoms with E-state index >= 15 is 0 Å². The van der Waals surface area contributed by atoms with E-state index in [1.54, 1.807) is 19.2 Å². The fraction of sp³-hybridized carbons (Fsp3) is 0.435. The number of nitrogens with one attached hydrogen (secondary N) is 1. The van der Waals surface area contributed by atoms with Crippen LogP contribution < -0.4 is 0 Å². The lowest BCUT2D eigenvalue weighted by Gasteiger charge is -2.08. The van der Waals surface area contributed by atoms with Crippen LogP contribution in [0.15, 0.2) is 29.5 Å². The van der Waals surface area contributed by atoms with Crippen LogP contribution in [0.1, 0.15) is 64.8 Å². The van der Waals surface area contributed by atoms with E-state index in [4.69, 9.17) is 0 Å². The number of halogens is 1. The predicted molar refractivity (Wildman–Crippen MR) is 115 cm³/mol. The summed E-state index contributed by atoms with van der Waals surface area (Å²) in [6.45, 7) is 12.1. The Morgan fingerprint density at radius 2 is 1.86 bits per heavy atom. The monoisotopic (exact) mass is 380 g/mol. The number of fused-ring (bicyclic) bond motifs is 1. The summed E-state index contributed by atoms with van der Waals surface area (Å²) in [5.74, 6) is 1.97. The van der Waals surface area contributed by atoms with E-state index < -0.39 is 0 Å². The molecule has 1 fully saturated rings. The lowest BCUT2D eigenvalue weighted by Crippen LogP contribution is -1.93. The largest absolute Gasteiger partial charge is 0.345 e. The maximum absolute atomic E-state index is 14.9. The van der Waals surface area contributed by atoms with Crippen molar-refractivity contribution >= 4 is 22.4 Å². The molecule has 28 heavy (non-hydrogen) atoms. The zero-order valence-corrected chi connectivity index (χ0v) is 17.6. The van der Waals surface area contributed by atoms with Gasteiger partial charge >= 0.3 is 0 Å². The van der Waals surface area contributed by atoms with E-state index in [-0.39, 0.29) is 5.82 Å². The third-order valence-corrected chi connectivity index (χ3v) is 4.39. The zero-order chi connectivity index (χ0) is 20.4. The topological polar surface area (TPSA) is 53.9 Å². The SMILES string of the molecule is CC(C)=Nc1ccc(-c2c[nH]c3nc(C4CC4)ncc23)c(F)c1C.CC(C)C. The van der Waals surface area contributed by atoms with E-state index in [0.717, 1.165) is 46.9 Å². The molecular formula is C23H29FN4. The molecule has 1 aliphatic carbocycles. The molecule has 148 valence electrons. The van der Waals surface area contributed by atoms with Gasteiger partial charge in [-0.25, -0.2) is 14.4 Å². The average molecular weight is 381 g/mol. The third kappa shape index (κ3) is 4.46. The molecule has 3 aromatic rings.